The van der Waals surface area contributed by atoms with Crippen LogP contribution in [0.3, 0.4) is 0 Å². The van der Waals surface area contributed by atoms with E-state index in [1.54, 1.807) is 18.2 Å². The number of anilines is 2. The van der Waals surface area contributed by atoms with Gasteiger partial charge in [-0.25, -0.2) is 14.4 Å². The molecule has 194 valence electrons. The first-order chi connectivity index (χ1) is 18.2. The third kappa shape index (κ3) is 5.48. The van der Waals surface area contributed by atoms with Crippen LogP contribution < -0.4 is 15.4 Å². The molecule has 1 aliphatic rings. The minimum absolute atomic E-state index is 0.0270. The second-order valence-electron chi connectivity index (χ2n) is 8.49. The molecule has 1 saturated carbocycles. The summed E-state index contributed by atoms with van der Waals surface area (Å²) in [5, 5.41) is 4.91. The SMILES string of the molecule is O=C(Nc1ccc(Oc2ccnc(NC(=O)C3CC3)c2)c(F)c1)c1ncn(-c2ccccc2)c1C(F)(F)F. The number of aromatic nitrogens is 3. The van der Waals surface area contributed by atoms with E-state index >= 15 is 0 Å². The minimum Gasteiger partial charge on any atom is -0.454 e. The molecule has 2 heterocycles. The highest BCUT2D eigenvalue weighted by Gasteiger charge is 2.40. The molecule has 38 heavy (non-hydrogen) atoms. The van der Waals surface area contributed by atoms with Crippen LogP contribution >= 0.6 is 0 Å². The Hall–Kier alpha value is -4.74. The molecule has 0 bridgehead atoms. The lowest BCUT2D eigenvalue weighted by atomic mass is 10.2. The molecule has 0 unspecified atom stereocenters. The lowest BCUT2D eigenvalue weighted by molar-refractivity contribution is -0.142. The van der Waals surface area contributed by atoms with Gasteiger partial charge in [0, 0.05) is 35.6 Å². The summed E-state index contributed by atoms with van der Waals surface area (Å²) < 4.78 is 62.6. The molecule has 2 aromatic heterocycles. The largest absolute Gasteiger partial charge is 0.454 e. The van der Waals surface area contributed by atoms with Crippen molar-refractivity contribution in [2.75, 3.05) is 10.6 Å². The lowest BCUT2D eigenvalue weighted by Gasteiger charge is -2.13. The molecule has 1 fully saturated rings. The number of nitrogens with zero attached hydrogens (tertiary/aromatic N) is 3. The molecule has 2 amide bonds. The molecule has 0 aliphatic heterocycles. The summed E-state index contributed by atoms with van der Waals surface area (Å²) in [6.45, 7) is 0. The van der Waals surface area contributed by atoms with Crippen molar-refractivity contribution < 1.29 is 31.9 Å². The number of halogens is 4. The second kappa shape index (κ2) is 9.96. The Bertz CT molecular complexity index is 1500. The third-order valence-electron chi connectivity index (χ3n) is 5.63. The quantitative estimate of drug-likeness (QED) is 0.297. The highest BCUT2D eigenvalue weighted by Crippen LogP contribution is 2.34. The number of carbonyl (C=O) groups is 2. The van der Waals surface area contributed by atoms with Crippen molar-refractivity contribution in [3.8, 4) is 17.2 Å². The fourth-order valence-electron chi connectivity index (χ4n) is 3.67. The summed E-state index contributed by atoms with van der Waals surface area (Å²) in [6, 6.07) is 13.9. The predicted molar refractivity (Wildman–Crippen MR) is 129 cm³/mol. The molecule has 2 N–H and O–H groups in total. The van der Waals surface area contributed by atoms with Crippen LogP contribution in [0.25, 0.3) is 5.69 Å². The lowest BCUT2D eigenvalue weighted by Crippen LogP contribution is -2.21. The number of benzene rings is 2. The molecule has 2 aromatic carbocycles. The highest BCUT2D eigenvalue weighted by atomic mass is 19.4. The normalized spacial score (nSPS) is 13.2. The number of hydrogen-bond acceptors (Lipinski definition) is 5. The van der Waals surface area contributed by atoms with E-state index < -0.39 is 29.3 Å². The summed E-state index contributed by atoms with van der Waals surface area (Å²) in [7, 11) is 0. The van der Waals surface area contributed by atoms with Gasteiger partial charge in [-0.15, -0.1) is 0 Å². The van der Waals surface area contributed by atoms with Gasteiger partial charge in [0.05, 0.1) is 0 Å². The molecular formula is C26H19F4N5O3. The van der Waals surface area contributed by atoms with Crippen molar-refractivity contribution in [3.05, 3.63) is 90.4 Å². The topological polar surface area (TPSA) is 98.1 Å². The smallest absolute Gasteiger partial charge is 0.434 e. The Morgan fingerprint density at radius 3 is 2.42 bits per heavy atom. The summed E-state index contributed by atoms with van der Waals surface area (Å²) in [4.78, 5) is 32.3. The molecule has 5 rings (SSSR count). The van der Waals surface area contributed by atoms with Gasteiger partial charge in [0.15, 0.2) is 23.0 Å². The maximum absolute atomic E-state index is 14.7. The van der Waals surface area contributed by atoms with E-state index in [2.05, 4.69) is 20.6 Å². The average molecular weight is 525 g/mol. The van der Waals surface area contributed by atoms with Crippen LogP contribution in [0.5, 0.6) is 11.5 Å². The first kappa shape index (κ1) is 24.9. The Kier molecular flexibility index (Phi) is 6.53. The third-order valence-corrected chi connectivity index (χ3v) is 5.63. The van der Waals surface area contributed by atoms with Gasteiger partial charge in [-0.1, -0.05) is 18.2 Å². The summed E-state index contributed by atoms with van der Waals surface area (Å²) in [5.41, 5.74) is -2.05. The molecule has 8 nitrogen and oxygen atoms in total. The predicted octanol–water partition coefficient (Wildman–Crippen LogP) is 5.82. The van der Waals surface area contributed by atoms with Crippen molar-refractivity contribution in [3.63, 3.8) is 0 Å². The van der Waals surface area contributed by atoms with Gasteiger partial charge in [-0.2, -0.15) is 13.2 Å². The van der Waals surface area contributed by atoms with E-state index in [0.717, 1.165) is 29.8 Å². The average Bonchev–Trinajstić information content (AvgIpc) is 3.63. The number of pyridine rings is 1. The van der Waals surface area contributed by atoms with Crippen LogP contribution in [0.1, 0.15) is 29.0 Å². The molecule has 0 atom stereocenters. The van der Waals surface area contributed by atoms with E-state index in [-0.39, 0.29) is 40.5 Å². The van der Waals surface area contributed by atoms with Crippen molar-refractivity contribution in [1.29, 1.82) is 0 Å². The van der Waals surface area contributed by atoms with Crippen LogP contribution in [0.15, 0.2) is 73.2 Å². The summed E-state index contributed by atoms with van der Waals surface area (Å²) in [6.07, 6.45) is -0.952. The van der Waals surface area contributed by atoms with Crippen LogP contribution in [0.4, 0.5) is 29.1 Å². The number of imidazole rings is 1. The highest BCUT2D eigenvalue weighted by molar-refractivity contribution is 6.04. The van der Waals surface area contributed by atoms with Gasteiger partial charge in [-0.05, 0) is 43.2 Å². The van der Waals surface area contributed by atoms with E-state index in [4.69, 9.17) is 4.74 Å². The zero-order chi connectivity index (χ0) is 26.9. The number of carbonyl (C=O) groups excluding carboxylic acids is 2. The molecule has 12 heteroatoms. The minimum atomic E-state index is -4.89. The van der Waals surface area contributed by atoms with Crippen molar-refractivity contribution in [2.45, 2.75) is 19.0 Å². The van der Waals surface area contributed by atoms with Gasteiger partial charge in [0.2, 0.25) is 5.91 Å². The van der Waals surface area contributed by atoms with Crippen molar-refractivity contribution >= 4 is 23.3 Å². The van der Waals surface area contributed by atoms with Crippen molar-refractivity contribution in [1.82, 2.24) is 14.5 Å². The maximum Gasteiger partial charge on any atom is 0.434 e. The van der Waals surface area contributed by atoms with Gasteiger partial charge in [0.25, 0.3) is 5.91 Å². The van der Waals surface area contributed by atoms with Crippen LogP contribution in [-0.4, -0.2) is 26.3 Å². The first-order valence-electron chi connectivity index (χ1n) is 11.4. The van der Waals surface area contributed by atoms with E-state index in [1.807, 2.05) is 0 Å². The van der Waals surface area contributed by atoms with Gasteiger partial charge in [0.1, 0.15) is 17.9 Å². The number of ether oxygens (including phenoxy) is 1. The number of hydrogen-bond donors (Lipinski definition) is 2. The van der Waals surface area contributed by atoms with Gasteiger partial charge in [-0.3, -0.25) is 14.2 Å². The summed E-state index contributed by atoms with van der Waals surface area (Å²) in [5.74, 6) is -1.98. The van der Waals surface area contributed by atoms with E-state index in [9.17, 15) is 27.2 Å². The number of para-hydroxylation sites is 1. The zero-order valence-corrected chi connectivity index (χ0v) is 19.5. The number of alkyl halides is 3. The molecule has 1 aliphatic carbocycles. The first-order valence-corrected chi connectivity index (χ1v) is 11.4. The van der Waals surface area contributed by atoms with Crippen LogP contribution in [0, 0.1) is 11.7 Å². The number of amides is 2. The Balaban J connectivity index is 1.32. The Labute approximate surface area is 213 Å². The number of nitrogens with one attached hydrogen (secondary N) is 2. The van der Waals surface area contributed by atoms with Gasteiger partial charge < -0.3 is 15.4 Å². The molecule has 0 saturated heterocycles. The molecule has 0 spiro atoms. The van der Waals surface area contributed by atoms with Gasteiger partial charge >= 0.3 is 6.18 Å². The fourth-order valence-corrected chi connectivity index (χ4v) is 3.67. The Morgan fingerprint density at radius 1 is 0.974 bits per heavy atom. The van der Waals surface area contributed by atoms with Crippen LogP contribution in [0.2, 0.25) is 0 Å². The Morgan fingerprint density at radius 2 is 1.74 bits per heavy atom. The molecule has 0 radical (unpaired) electrons. The van der Waals surface area contributed by atoms with Crippen molar-refractivity contribution in [2.24, 2.45) is 5.92 Å². The standard InChI is InChI=1S/C26H19F4N5O3/c27-19-12-16(8-9-20(19)38-18-10-11-31-21(13-18)34-24(36)15-6-7-15)33-25(37)22-23(26(28,29)30)35(14-32-22)17-4-2-1-3-5-17/h1-5,8-15H,6-7H2,(H,33,37)(H,31,34,36). The zero-order valence-electron chi connectivity index (χ0n) is 19.5. The van der Waals surface area contributed by atoms with E-state index in [1.165, 1.54) is 42.6 Å². The maximum atomic E-state index is 14.7. The monoisotopic (exact) mass is 525 g/mol. The van der Waals surface area contributed by atoms with Crippen LogP contribution in [-0.2, 0) is 11.0 Å². The number of rotatable bonds is 7. The molecule has 4 aromatic rings. The van der Waals surface area contributed by atoms with E-state index in [0.29, 0.717) is 0 Å². The summed E-state index contributed by atoms with van der Waals surface area (Å²) >= 11 is 0. The molecular weight excluding hydrogens is 506 g/mol. The fraction of sp³-hybridized carbons (Fsp3) is 0.154. The second-order valence-corrected chi connectivity index (χ2v) is 8.49.